The maximum atomic E-state index is 12.6. The second-order valence-corrected chi connectivity index (χ2v) is 7.16. The number of nitrogens with one attached hydrogen (secondary N) is 1. The van der Waals surface area contributed by atoms with Gasteiger partial charge >= 0.3 is 5.97 Å². The van der Waals surface area contributed by atoms with Crippen LogP contribution >= 0.6 is 22.9 Å². The summed E-state index contributed by atoms with van der Waals surface area (Å²) < 4.78 is 1.16. The number of aryl methyl sites for hydroxylation is 2. The molecule has 2 aromatic heterocycles. The first kappa shape index (κ1) is 18.1. The van der Waals surface area contributed by atoms with Gasteiger partial charge in [-0.2, -0.15) is 0 Å². The highest BCUT2D eigenvalue weighted by molar-refractivity contribution is 7.20. The number of carbonyl (C=O) groups excluding carboxylic acids is 1. The minimum absolute atomic E-state index is 0.0707. The molecule has 0 aliphatic carbocycles. The van der Waals surface area contributed by atoms with Gasteiger partial charge in [0.05, 0.1) is 11.7 Å². The standard InChI is InChI=1S/C17H14ClN3O4S/c1-8-3-4-10(18)5-11(8)20-12(22)6-21-7-19-15-13(16(21)23)9(2)14(26-15)17(24)25/h3-5,7H,6H2,1-2H3,(H,20,22)(H,24,25). The maximum absolute atomic E-state index is 12.6. The molecule has 0 saturated heterocycles. The Morgan fingerprint density at radius 2 is 2.08 bits per heavy atom. The number of nitrogens with zero attached hydrogens (tertiary/aromatic N) is 2. The Balaban J connectivity index is 1.91. The van der Waals surface area contributed by atoms with Crippen LogP contribution in [0.2, 0.25) is 5.02 Å². The van der Waals surface area contributed by atoms with Crippen LogP contribution in [0.25, 0.3) is 10.2 Å². The summed E-state index contributed by atoms with van der Waals surface area (Å²) in [5.74, 6) is -1.52. The molecule has 0 aliphatic heterocycles. The molecule has 0 spiro atoms. The highest BCUT2D eigenvalue weighted by Crippen LogP contribution is 2.26. The number of carboxylic acid groups (broad SMARTS) is 1. The van der Waals surface area contributed by atoms with Crippen LogP contribution in [0.15, 0.2) is 29.3 Å². The monoisotopic (exact) mass is 391 g/mol. The summed E-state index contributed by atoms with van der Waals surface area (Å²) in [4.78, 5) is 40.7. The van der Waals surface area contributed by atoms with Crippen molar-refractivity contribution in [3.8, 4) is 0 Å². The van der Waals surface area contributed by atoms with E-state index in [4.69, 9.17) is 11.6 Å². The van der Waals surface area contributed by atoms with Gasteiger partial charge in [-0.25, -0.2) is 9.78 Å². The number of hydrogen-bond acceptors (Lipinski definition) is 5. The smallest absolute Gasteiger partial charge is 0.346 e. The third-order valence-corrected chi connectivity index (χ3v) is 5.32. The number of benzene rings is 1. The fraction of sp³-hybridized carbons (Fsp3) is 0.176. The summed E-state index contributed by atoms with van der Waals surface area (Å²) in [5.41, 5.74) is 1.30. The maximum Gasteiger partial charge on any atom is 0.346 e. The van der Waals surface area contributed by atoms with Crippen molar-refractivity contribution in [2.24, 2.45) is 0 Å². The highest BCUT2D eigenvalue weighted by Gasteiger charge is 2.19. The lowest BCUT2D eigenvalue weighted by atomic mass is 10.2. The van der Waals surface area contributed by atoms with Crippen molar-refractivity contribution in [1.82, 2.24) is 9.55 Å². The molecule has 0 atom stereocenters. The summed E-state index contributed by atoms with van der Waals surface area (Å²) in [6, 6.07) is 5.12. The Morgan fingerprint density at radius 1 is 1.35 bits per heavy atom. The second kappa shape index (κ2) is 6.89. The van der Waals surface area contributed by atoms with E-state index in [0.29, 0.717) is 21.1 Å². The van der Waals surface area contributed by atoms with Crippen molar-refractivity contribution in [3.63, 3.8) is 0 Å². The molecule has 0 aliphatic rings. The van der Waals surface area contributed by atoms with Crippen molar-refractivity contribution in [2.75, 3.05) is 5.32 Å². The van der Waals surface area contributed by atoms with Gasteiger partial charge in [-0.1, -0.05) is 17.7 Å². The molecule has 2 heterocycles. The number of thiophene rings is 1. The minimum Gasteiger partial charge on any atom is -0.477 e. The van der Waals surface area contributed by atoms with Crippen LogP contribution in [0.4, 0.5) is 5.69 Å². The molecule has 2 N–H and O–H groups in total. The molecule has 9 heteroatoms. The van der Waals surface area contributed by atoms with Gasteiger partial charge in [-0.15, -0.1) is 11.3 Å². The van der Waals surface area contributed by atoms with Gasteiger partial charge in [-0.05, 0) is 37.1 Å². The molecule has 3 aromatic rings. The van der Waals surface area contributed by atoms with E-state index in [0.717, 1.165) is 21.5 Å². The van der Waals surface area contributed by atoms with Crippen LogP contribution in [0.3, 0.4) is 0 Å². The van der Waals surface area contributed by atoms with Crippen molar-refractivity contribution < 1.29 is 14.7 Å². The molecule has 134 valence electrons. The summed E-state index contributed by atoms with van der Waals surface area (Å²) in [7, 11) is 0. The Bertz CT molecular complexity index is 1100. The van der Waals surface area contributed by atoms with Gasteiger partial charge in [0.2, 0.25) is 5.91 Å². The number of amides is 1. The van der Waals surface area contributed by atoms with Crippen molar-refractivity contribution in [2.45, 2.75) is 20.4 Å². The first-order valence-corrected chi connectivity index (χ1v) is 8.75. The van der Waals surface area contributed by atoms with E-state index in [1.807, 2.05) is 6.92 Å². The lowest BCUT2D eigenvalue weighted by molar-refractivity contribution is -0.116. The van der Waals surface area contributed by atoms with Crippen LogP contribution < -0.4 is 10.9 Å². The van der Waals surface area contributed by atoms with Crippen molar-refractivity contribution in [1.29, 1.82) is 0 Å². The Morgan fingerprint density at radius 3 is 2.77 bits per heavy atom. The fourth-order valence-corrected chi connectivity index (χ4v) is 3.70. The fourth-order valence-electron chi connectivity index (χ4n) is 2.55. The predicted octanol–water partition coefficient (Wildman–Crippen LogP) is 3.07. The number of carbonyl (C=O) groups is 2. The van der Waals surface area contributed by atoms with Crippen LogP contribution in [0, 0.1) is 13.8 Å². The third kappa shape index (κ3) is 3.33. The molecule has 0 fully saturated rings. The molecule has 1 amide bonds. The molecule has 7 nitrogen and oxygen atoms in total. The number of carboxylic acids is 1. The van der Waals surface area contributed by atoms with Gasteiger partial charge in [0.15, 0.2) is 0 Å². The van der Waals surface area contributed by atoms with E-state index in [-0.39, 0.29) is 16.8 Å². The zero-order chi connectivity index (χ0) is 19.0. The number of aromatic carboxylic acids is 1. The van der Waals surface area contributed by atoms with Gasteiger partial charge in [-0.3, -0.25) is 14.2 Å². The number of aromatic nitrogens is 2. The largest absolute Gasteiger partial charge is 0.477 e. The van der Waals surface area contributed by atoms with Gasteiger partial charge < -0.3 is 10.4 Å². The van der Waals surface area contributed by atoms with Crippen LogP contribution in [-0.4, -0.2) is 26.5 Å². The minimum atomic E-state index is -1.11. The summed E-state index contributed by atoms with van der Waals surface area (Å²) in [6.07, 6.45) is 1.25. The van der Waals surface area contributed by atoms with Crippen molar-refractivity contribution >= 4 is 50.7 Å². The van der Waals surface area contributed by atoms with E-state index in [2.05, 4.69) is 10.3 Å². The molecule has 26 heavy (non-hydrogen) atoms. The van der Waals surface area contributed by atoms with Crippen LogP contribution in [0.1, 0.15) is 20.8 Å². The number of halogens is 1. The Kier molecular flexibility index (Phi) is 4.80. The Hall–Kier alpha value is -2.71. The number of rotatable bonds is 4. The van der Waals surface area contributed by atoms with E-state index >= 15 is 0 Å². The zero-order valence-corrected chi connectivity index (χ0v) is 15.4. The molecule has 1 aromatic carbocycles. The van der Waals surface area contributed by atoms with E-state index in [9.17, 15) is 19.5 Å². The molecular weight excluding hydrogens is 378 g/mol. The lowest BCUT2D eigenvalue weighted by Gasteiger charge is -2.10. The summed E-state index contributed by atoms with van der Waals surface area (Å²) in [5, 5.41) is 12.6. The van der Waals surface area contributed by atoms with E-state index < -0.39 is 17.4 Å². The molecule has 0 saturated carbocycles. The Labute approximate surface area is 156 Å². The lowest BCUT2D eigenvalue weighted by Crippen LogP contribution is -2.28. The second-order valence-electron chi connectivity index (χ2n) is 5.73. The number of hydrogen-bond donors (Lipinski definition) is 2. The number of anilines is 1. The summed E-state index contributed by atoms with van der Waals surface area (Å²) >= 11 is 6.87. The average molecular weight is 392 g/mol. The average Bonchev–Trinajstić information content (AvgIpc) is 2.91. The normalized spacial score (nSPS) is 10.9. The van der Waals surface area contributed by atoms with E-state index in [1.54, 1.807) is 25.1 Å². The molecule has 0 bridgehead atoms. The first-order valence-electron chi connectivity index (χ1n) is 7.55. The number of fused-ring (bicyclic) bond motifs is 1. The summed E-state index contributed by atoms with van der Waals surface area (Å²) in [6.45, 7) is 3.14. The predicted molar refractivity (Wildman–Crippen MR) is 100 cm³/mol. The van der Waals surface area contributed by atoms with Crippen LogP contribution in [0.5, 0.6) is 0 Å². The molecule has 0 radical (unpaired) electrons. The molecular formula is C17H14ClN3O4S. The zero-order valence-electron chi connectivity index (χ0n) is 13.9. The molecule has 3 rings (SSSR count). The van der Waals surface area contributed by atoms with Gasteiger partial charge in [0.25, 0.3) is 5.56 Å². The SMILES string of the molecule is Cc1ccc(Cl)cc1NC(=O)Cn1cnc2sc(C(=O)O)c(C)c2c1=O. The van der Waals surface area contributed by atoms with Gasteiger partial charge in [0, 0.05) is 10.7 Å². The van der Waals surface area contributed by atoms with Crippen molar-refractivity contribution in [3.05, 3.63) is 55.9 Å². The third-order valence-electron chi connectivity index (χ3n) is 3.90. The van der Waals surface area contributed by atoms with Crippen LogP contribution in [-0.2, 0) is 11.3 Å². The van der Waals surface area contributed by atoms with Gasteiger partial charge in [0.1, 0.15) is 16.3 Å². The topological polar surface area (TPSA) is 101 Å². The van der Waals surface area contributed by atoms with E-state index in [1.165, 1.54) is 6.33 Å². The quantitative estimate of drug-likeness (QED) is 0.711. The first-order chi connectivity index (χ1) is 12.3. The highest BCUT2D eigenvalue weighted by atomic mass is 35.5. The molecule has 0 unspecified atom stereocenters.